The molecule has 0 radical (unpaired) electrons. The lowest BCUT2D eigenvalue weighted by molar-refractivity contribution is -0.134. The lowest BCUT2D eigenvalue weighted by atomic mass is 9.68. The van der Waals surface area contributed by atoms with Gasteiger partial charge in [0.05, 0.1) is 0 Å². The van der Waals surface area contributed by atoms with Gasteiger partial charge in [0.1, 0.15) is 11.5 Å². The third-order valence-electron chi connectivity index (χ3n) is 5.50. The number of hydrogen-bond donors (Lipinski definition) is 1. The first-order valence-electron chi connectivity index (χ1n) is 8.92. The fourth-order valence-corrected chi connectivity index (χ4v) is 3.86. The normalized spacial score (nSPS) is 30.2. The van der Waals surface area contributed by atoms with E-state index in [-0.39, 0.29) is 30.5 Å². The molecule has 1 heterocycles. The van der Waals surface area contributed by atoms with Crippen molar-refractivity contribution < 1.29 is 13.6 Å². The van der Waals surface area contributed by atoms with Crippen LogP contribution in [0.25, 0.3) is 0 Å². The van der Waals surface area contributed by atoms with Crippen molar-refractivity contribution >= 4 is 5.91 Å². The lowest BCUT2D eigenvalue weighted by Gasteiger charge is -2.40. The third kappa shape index (κ3) is 3.32. The zero-order valence-corrected chi connectivity index (χ0v) is 14.4. The van der Waals surface area contributed by atoms with Crippen LogP contribution in [0.4, 0.5) is 8.78 Å². The summed E-state index contributed by atoms with van der Waals surface area (Å²) in [6, 6.07) is 5.19. The molecule has 3 rings (SSSR count). The minimum absolute atomic E-state index is 0.106. The number of likely N-dealkylation sites (tertiary alicyclic amines) is 1. The van der Waals surface area contributed by atoms with Gasteiger partial charge in [0, 0.05) is 30.6 Å². The van der Waals surface area contributed by atoms with E-state index in [1.807, 2.05) is 6.92 Å². The number of carbonyl (C=O) groups is 1. The fourth-order valence-electron chi connectivity index (χ4n) is 3.86. The van der Waals surface area contributed by atoms with E-state index >= 15 is 0 Å². The molecule has 1 aliphatic heterocycles. The molecule has 1 aliphatic carbocycles. The summed E-state index contributed by atoms with van der Waals surface area (Å²) in [6.45, 7) is 6.12. The number of benzene rings is 1. The van der Waals surface area contributed by atoms with Crippen LogP contribution in [0.1, 0.15) is 50.7 Å². The van der Waals surface area contributed by atoms with E-state index in [4.69, 9.17) is 0 Å². The van der Waals surface area contributed by atoms with Gasteiger partial charge >= 0.3 is 0 Å². The van der Waals surface area contributed by atoms with Gasteiger partial charge in [-0.2, -0.15) is 0 Å². The summed E-state index contributed by atoms with van der Waals surface area (Å²) in [5, 5.41) is 2.72. The Hall–Kier alpha value is -1.49. The standard InChI is InChI=1S/C19H26F2N2O/c1-3-22-18(24)15-10-19(21,11-15)16-7-6-14(17(20)9-16)12-23-8-4-5-13(23)2/h6-7,9,13,15H,3-5,8,10-12H2,1-2H3,(H,22,24). The van der Waals surface area contributed by atoms with Gasteiger partial charge in [-0.1, -0.05) is 12.1 Å². The second-order valence-electron chi connectivity index (χ2n) is 7.23. The van der Waals surface area contributed by atoms with Gasteiger partial charge in [-0.25, -0.2) is 8.78 Å². The lowest BCUT2D eigenvalue weighted by Crippen LogP contribution is -2.45. The second kappa shape index (κ2) is 6.79. The maximum Gasteiger partial charge on any atom is 0.223 e. The molecule has 1 atom stereocenters. The molecule has 0 spiro atoms. The van der Waals surface area contributed by atoms with Crippen LogP contribution in [-0.4, -0.2) is 29.9 Å². The monoisotopic (exact) mass is 336 g/mol. The summed E-state index contributed by atoms with van der Waals surface area (Å²) in [7, 11) is 0. The predicted molar refractivity (Wildman–Crippen MR) is 89.7 cm³/mol. The molecule has 1 aromatic carbocycles. The van der Waals surface area contributed by atoms with Crippen LogP contribution in [0.5, 0.6) is 0 Å². The molecule has 1 amide bonds. The highest BCUT2D eigenvalue weighted by molar-refractivity contribution is 5.80. The van der Waals surface area contributed by atoms with Crippen molar-refractivity contribution in [3.05, 3.63) is 35.1 Å². The molecule has 132 valence electrons. The first-order chi connectivity index (χ1) is 11.4. The molecule has 1 saturated heterocycles. The molecule has 1 N–H and O–H groups in total. The number of nitrogens with one attached hydrogen (secondary N) is 1. The Balaban J connectivity index is 1.66. The van der Waals surface area contributed by atoms with Crippen LogP contribution in [0.2, 0.25) is 0 Å². The summed E-state index contributed by atoms with van der Waals surface area (Å²) >= 11 is 0. The Morgan fingerprint density at radius 2 is 2.17 bits per heavy atom. The fraction of sp³-hybridized carbons (Fsp3) is 0.632. The van der Waals surface area contributed by atoms with E-state index in [1.54, 1.807) is 12.1 Å². The molecule has 1 aromatic rings. The maximum atomic E-state index is 14.9. The summed E-state index contributed by atoms with van der Waals surface area (Å²) in [6.07, 6.45) is 2.58. The summed E-state index contributed by atoms with van der Waals surface area (Å²) < 4.78 is 29.3. The number of amides is 1. The average molecular weight is 336 g/mol. The topological polar surface area (TPSA) is 32.3 Å². The zero-order valence-electron chi connectivity index (χ0n) is 14.4. The smallest absolute Gasteiger partial charge is 0.223 e. The molecule has 0 bridgehead atoms. The van der Waals surface area contributed by atoms with Crippen molar-refractivity contribution in [2.45, 2.75) is 57.8 Å². The predicted octanol–water partition coefficient (Wildman–Crippen LogP) is 3.52. The quantitative estimate of drug-likeness (QED) is 0.892. The zero-order chi connectivity index (χ0) is 17.3. The largest absolute Gasteiger partial charge is 0.356 e. The van der Waals surface area contributed by atoms with Crippen LogP contribution < -0.4 is 5.32 Å². The second-order valence-corrected chi connectivity index (χ2v) is 7.23. The van der Waals surface area contributed by atoms with Crippen molar-refractivity contribution in [1.82, 2.24) is 10.2 Å². The van der Waals surface area contributed by atoms with E-state index in [2.05, 4.69) is 17.1 Å². The first kappa shape index (κ1) is 17.3. The van der Waals surface area contributed by atoms with Crippen molar-refractivity contribution in [2.75, 3.05) is 13.1 Å². The van der Waals surface area contributed by atoms with Crippen LogP contribution in [0.3, 0.4) is 0 Å². The molecule has 1 saturated carbocycles. The van der Waals surface area contributed by atoms with Crippen LogP contribution >= 0.6 is 0 Å². The van der Waals surface area contributed by atoms with Crippen molar-refractivity contribution in [1.29, 1.82) is 0 Å². The highest BCUT2D eigenvalue weighted by atomic mass is 19.1. The third-order valence-corrected chi connectivity index (χ3v) is 5.50. The molecule has 3 nitrogen and oxygen atoms in total. The molecule has 5 heteroatoms. The Morgan fingerprint density at radius 3 is 2.75 bits per heavy atom. The Morgan fingerprint density at radius 1 is 1.42 bits per heavy atom. The minimum atomic E-state index is -1.57. The molecule has 2 aliphatic rings. The molecule has 2 fully saturated rings. The van der Waals surface area contributed by atoms with Gasteiger partial charge in [-0.05, 0) is 57.7 Å². The van der Waals surface area contributed by atoms with Crippen molar-refractivity contribution in [3.63, 3.8) is 0 Å². The Bertz CT molecular complexity index is 613. The number of alkyl halides is 1. The molecular weight excluding hydrogens is 310 g/mol. The van der Waals surface area contributed by atoms with Gasteiger partial charge in [0.2, 0.25) is 5.91 Å². The van der Waals surface area contributed by atoms with Gasteiger partial charge in [-0.15, -0.1) is 0 Å². The Kier molecular flexibility index (Phi) is 4.90. The molecule has 1 unspecified atom stereocenters. The summed E-state index contributed by atoms with van der Waals surface area (Å²) in [5.74, 6) is -0.751. The van der Waals surface area contributed by atoms with Crippen molar-refractivity contribution in [3.8, 4) is 0 Å². The number of halogens is 2. The van der Waals surface area contributed by atoms with Crippen molar-refractivity contribution in [2.24, 2.45) is 5.92 Å². The molecular formula is C19H26F2N2O. The van der Waals surface area contributed by atoms with Gasteiger partial charge < -0.3 is 5.32 Å². The van der Waals surface area contributed by atoms with Gasteiger partial charge in [0.25, 0.3) is 0 Å². The SMILES string of the molecule is CCNC(=O)C1CC(F)(c2ccc(CN3CCCC3C)c(F)c2)C1. The van der Waals surface area contributed by atoms with Gasteiger partial charge in [-0.3, -0.25) is 9.69 Å². The van der Waals surface area contributed by atoms with E-state index in [1.165, 1.54) is 6.07 Å². The highest BCUT2D eigenvalue weighted by Crippen LogP contribution is 2.49. The average Bonchev–Trinajstić information content (AvgIpc) is 2.91. The summed E-state index contributed by atoms with van der Waals surface area (Å²) in [5.41, 5.74) is -0.592. The molecule has 0 aromatic heterocycles. The number of hydrogen-bond acceptors (Lipinski definition) is 2. The number of nitrogens with zero attached hydrogens (tertiary/aromatic N) is 1. The number of rotatable bonds is 5. The highest BCUT2D eigenvalue weighted by Gasteiger charge is 2.49. The molecule has 24 heavy (non-hydrogen) atoms. The number of carbonyl (C=O) groups excluding carboxylic acids is 1. The van der Waals surface area contributed by atoms with E-state index in [9.17, 15) is 13.6 Å². The first-order valence-corrected chi connectivity index (χ1v) is 8.92. The van der Waals surface area contributed by atoms with Crippen LogP contribution in [-0.2, 0) is 17.0 Å². The van der Waals surface area contributed by atoms with Crippen LogP contribution in [0.15, 0.2) is 18.2 Å². The van der Waals surface area contributed by atoms with Crippen LogP contribution in [0, 0.1) is 11.7 Å². The minimum Gasteiger partial charge on any atom is -0.356 e. The van der Waals surface area contributed by atoms with Gasteiger partial charge in [0.15, 0.2) is 0 Å². The summed E-state index contributed by atoms with van der Waals surface area (Å²) in [4.78, 5) is 14.0. The van der Waals surface area contributed by atoms with E-state index < -0.39 is 5.67 Å². The maximum absolute atomic E-state index is 14.9. The van der Waals surface area contributed by atoms with E-state index in [0.717, 1.165) is 19.4 Å². The van der Waals surface area contributed by atoms with E-state index in [0.29, 0.717) is 30.3 Å². The Labute approximate surface area is 142 Å².